The van der Waals surface area contributed by atoms with E-state index in [2.05, 4.69) is 9.88 Å². The number of aromatic nitrogens is 1. The average molecular weight is 430 g/mol. The first-order valence-corrected chi connectivity index (χ1v) is 12.4. The number of aryl methyl sites for hydroxylation is 1. The normalized spacial score (nSPS) is 20.3. The molecular formula is C23H31N3O3S. The number of benzene rings is 1. The van der Waals surface area contributed by atoms with Gasteiger partial charge in [0.15, 0.2) is 0 Å². The van der Waals surface area contributed by atoms with Gasteiger partial charge in [0.1, 0.15) is 11.9 Å². The Balaban J connectivity index is 1.25. The Bertz CT molecular complexity index is 920. The summed E-state index contributed by atoms with van der Waals surface area (Å²) < 4.78 is 33.5. The maximum atomic E-state index is 12.9. The molecule has 2 aliphatic rings. The molecule has 0 radical (unpaired) electrons. The van der Waals surface area contributed by atoms with Crippen LogP contribution in [0.3, 0.4) is 0 Å². The number of pyridine rings is 1. The van der Waals surface area contributed by atoms with Gasteiger partial charge in [-0.2, -0.15) is 0 Å². The van der Waals surface area contributed by atoms with Crippen LogP contribution in [0.2, 0.25) is 0 Å². The molecular weight excluding hydrogens is 398 g/mol. The van der Waals surface area contributed by atoms with Crippen molar-refractivity contribution < 1.29 is 13.2 Å². The standard InChI is InChI=1S/C23H31N3O3S/c1-19-3-2-4-20(17-19)18-30(27,28)26-15-7-21(8-16-26)25-13-9-23(10-14-25)29-22-5-11-24-12-6-22/h2-6,11-12,17,21,23H,7-10,13-16,18H2,1H3. The van der Waals surface area contributed by atoms with Crippen LogP contribution in [0.4, 0.5) is 0 Å². The molecule has 0 saturated carbocycles. The predicted molar refractivity (Wildman–Crippen MR) is 118 cm³/mol. The van der Waals surface area contributed by atoms with E-state index in [1.807, 2.05) is 43.3 Å². The highest BCUT2D eigenvalue weighted by molar-refractivity contribution is 7.88. The van der Waals surface area contributed by atoms with Crippen LogP contribution in [0.5, 0.6) is 5.75 Å². The zero-order valence-corrected chi connectivity index (χ0v) is 18.4. The third kappa shape index (κ3) is 5.39. The van der Waals surface area contributed by atoms with Gasteiger partial charge in [0.2, 0.25) is 10.0 Å². The summed E-state index contributed by atoms with van der Waals surface area (Å²) in [6, 6.07) is 12.1. The van der Waals surface area contributed by atoms with Gasteiger partial charge in [-0.25, -0.2) is 12.7 Å². The maximum Gasteiger partial charge on any atom is 0.218 e. The molecule has 3 heterocycles. The second-order valence-electron chi connectivity index (χ2n) is 8.41. The maximum absolute atomic E-state index is 12.9. The largest absolute Gasteiger partial charge is 0.490 e. The van der Waals surface area contributed by atoms with Gasteiger partial charge in [-0.3, -0.25) is 4.98 Å². The van der Waals surface area contributed by atoms with Crippen molar-refractivity contribution in [3.8, 4) is 5.75 Å². The lowest BCUT2D eigenvalue weighted by molar-refractivity contribution is 0.0585. The fourth-order valence-electron chi connectivity index (χ4n) is 4.56. The van der Waals surface area contributed by atoms with E-state index < -0.39 is 10.0 Å². The van der Waals surface area contributed by atoms with Crippen LogP contribution in [-0.2, 0) is 15.8 Å². The number of likely N-dealkylation sites (tertiary alicyclic amines) is 1. The summed E-state index contributed by atoms with van der Waals surface area (Å²) >= 11 is 0. The quantitative estimate of drug-likeness (QED) is 0.706. The zero-order chi connectivity index (χ0) is 21.0. The SMILES string of the molecule is Cc1cccc(CS(=O)(=O)N2CCC(N3CCC(Oc4ccncc4)CC3)CC2)c1. The lowest BCUT2D eigenvalue weighted by Crippen LogP contribution is -2.50. The highest BCUT2D eigenvalue weighted by atomic mass is 32.2. The van der Waals surface area contributed by atoms with E-state index >= 15 is 0 Å². The van der Waals surface area contributed by atoms with Crippen molar-refractivity contribution in [3.63, 3.8) is 0 Å². The van der Waals surface area contributed by atoms with Crippen molar-refractivity contribution in [3.05, 3.63) is 59.9 Å². The second-order valence-corrected chi connectivity index (χ2v) is 10.4. The number of ether oxygens (including phenoxy) is 1. The minimum atomic E-state index is -3.26. The fourth-order valence-corrected chi connectivity index (χ4v) is 6.11. The summed E-state index contributed by atoms with van der Waals surface area (Å²) in [5.74, 6) is 0.979. The lowest BCUT2D eigenvalue weighted by Gasteiger charge is -2.41. The Morgan fingerprint density at radius 2 is 1.70 bits per heavy atom. The number of nitrogens with zero attached hydrogens (tertiary/aromatic N) is 3. The van der Waals surface area contributed by atoms with Crippen molar-refractivity contribution in [2.24, 2.45) is 0 Å². The molecule has 2 fully saturated rings. The third-order valence-corrected chi connectivity index (χ3v) is 8.04. The molecule has 162 valence electrons. The molecule has 0 bridgehead atoms. The molecule has 2 aromatic rings. The van der Waals surface area contributed by atoms with E-state index in [0.717, 1.165) is 55.6 Å². The summed E-state index contributed by atoms with van der Waals surface area (Å²) in [6.45, 7) is 5.25. The van der Waals surface area contributed by atoms with E-state index in [-0.39, 0.29) is 11.9 Å². The summed E-state index contributed by atoms with van der Waals surface area (Å²) in [5.41, 5.74) is 1.96. The Morgan fingerprint density at radius 1 is 1.00 bits per heavy atom. The van der Waals surface area contributed by atoms with E-state index in [4.69, 9.17) is 4.74 Å². The molecule has 1 aromatic heterocycles. The van der Waals surface area contributed by atoms with Crippen LogP contribution in [0.15, 0.2) is 48.8 Å². The van der Waals surface area contributed by atoms with Crippen molar-refractivity contribution in [2.45, 2.75) is 50.5 Å². The molecule has 0 unspecified atom stereocenters. The lowest BCUT2D eigenvalue weighted by atomic mass is 10.00. The minimum Gasteiger partial charge on any atom is -0.490 e. The molecule has 6 nitrogen and oxygen atoms in total. The average Bonchev–Trinajstić information content (AvgIpc) is 2.75. The molecule has 2 aliphatic heterocycles. The molecule has 4 rings (SSSR count). The molecule has 0 N–H and O–H groups in total. The number of sulfonamides is 1. The minimum absolute atomic E-state index is 0.0943. The third-order valence-electron chi connectivity index (χ3n) is 6.19. The Kier molecular flexibility index (Phi) is 6.71. The Labute approximate surface area is 179 Å². The van der Waals surface area contributed by atoms with Gasteiger partial charge >= 0.3 is 0 Å². The summed E-state index contributed by atoms with van der Waals surface area (Å²) in [6.07, 6.45) is 7.59. The summed E-state index contributed by atoms with van der Waals surface area (Å²) in [5, 5.41) is 0. The first-order valence-electron chi connectivity index (χ1n) is 10.8. The van der Waals surface area contributed by atoms with E-state index in [1.165, 1.54) is 0 Å². The first kappa shape index (κ1) is 21.3. The van der Waals surface area contributed by atoms with Crippen molar-refractivity contribution >= 4 is 10.0 Å². The van der Waals surface area contributed by atoms with Gasteiger partial charge in [0.05, 0.1) is 5.75 Å². The molecule has 7 heteroatoms. The second kappa shape index (κ2) is 9.45. The molecule has 0 spiro atoms. The smallest absolute Gasteiger partial charge is 0.218 e. The van der Waals surface area contributed by atoms with Crippen LogP contribution in [0.25, 0.3) is 0 Å². The Hall–Kier alpha value is -1.96. The highest BCUT2D eigenvalue weighted by Crippen LogP contribution is 2.25. The van der Waals surface area contributed by atoms with Crippen LogP contribution in [-0.4, -0.2) is 60.9 Å². The molecule has 0 amide bonds. The number of hydrogen-bond donors (Lipinski definition) is 0. The fraction of sp³-hybridized carbons (Fsp3) is 0.522. The number of rotatable bonds is 6. The van der Waals surface area contributed by atoms with Gasteiger partial charge in [-0.05, 0) is 50.3 Å². The monoisotopic (exact) mass is 429 g/mol. The van der Waals surface area contributed by atoms with Crippen LogP contribution in [0.1, 0.15) is 36.8 Å². The summed E-state index contributed by atoms with van der Waals surface area (Å²) in [7, 11) is -3.26. The highest BCUT2D eigenvalue weighted by Gasteiger charge is 2.32. The predicted octanol–water partition coefficient (Wildman–Crippen LogP) is 3.23. The first-order chi connectivity index (χ1) is 14.5. The van der Waals surface area contributed by atoms with Gasteiger partial charge in [-0.15, -0.1) is 0 Å². The molecule has 0 atom stereocenters. The van der Waals surface area contributed by atoms with E-state index in [1.54, 1.807) is 16.7 Å². The number of hydrogen-bond acceptors (Lipinski definition) is 5. The van der Waals surface area contributed by atoms with Gasteiger partial charge in [0, 0.05) is 44.6 Å². The molecule has 2 saturated heterocycles. The number of piperidine rings is 2. The van der Waals surface area contributed by atoms with Crippen molar-refractivity contribution in [2.75, 3.05) is 26.2 Å². The Morgan fingerprint density at radius 3 is 2.37 bits per heavy atom. The molecule has 30 heavy (non-hydrogen) atoms. The van der Waals surface area contributed by atoms with Crippen LogP contribution < -0.4 is 4.74 Å². The van der Waals surface area contributed by atoms with Gasteiger partial charge in [0.25, 0.3) is 0 Å². The van der Waals surface area contributed by atoms with E-state index in [0.29, 0.717) is 19.1 Å². The van der Waals surface area contributed by atoms with E-state index in [9.17, 15) is 8.42 Å². The van der Waals surface area contributed by atoms with Crippen molar-refractivity contribution in [1.29, 1.82) is 0 Å². The van der Waals surface area contributed by atoms with Crippen LogP contribution in [0, 0.1) is 6.92 Å². The zero-order valence-electron chi connectivity index (χ0n) is 17.6. The molecule has 1 aromatic carbocycles. The molecule has 0 aliphatic carbocycles. The topological polar surface area (TPSA) is 62.7 Å². The summed E-state index contributed by atoms with van der Waals surface area (Å²) in [4.78, 5) is 6.55. The van der Waals surface area contributed by atoms with Crippen LogP contribution >= 0.6 is 0 Å². The van der Waals surface area contributed by atoms with Gasteiger partial charge < -0.3 is 9.64 Å². The van der Waals surface area contributed by atoms with Crippen molar-refractivity contribution in [1.82, 2.24) is 14.2 Å². The van der Waals surface area contributed by atoms with Gasteiger partial charge in [-0.1, -0.05) is 29.8 Å².